The van der Waals surface area contributed by atoms with E-state index in [2.05, 4.69) is 5.32 Å². The van der Waals surface area contributed by atoms with Gasteiger partial charge in [0.2, 0.25) is 10.0 Å². The van der Waals surface area contributed by atoms with Crippen LogP contribution in [0.5, 0.6) is 0 Å². The Kier molecular flexibility index (Phi) is 6.82. The summed E-state index contributed by atoms with van der Waals surface area (Å²) >= 11 is 6.27. The van der Waals surface area contributed by atoms with Crippen molar-refractivity contribution in [3.8, 4) is 0 Å². The van der Waals surface area contributed by atoms with Crippen molar-refractivity contribution in [2.45, 2.75) is 17.9 Å². The molecule has 1 aliphatic heterocycles. The van der Waals surface area contributed by atoms with E-state index >= 15 is 0 Å². The fourth-order valence-electron chi connectivity index (χ4n) is 3.07. The Morgan fingerprint density at radius 1 is 1.26 bits per heavy atom. The third-order valence-corrected chi connectivity index (χ3v) is 6.69. The highest BCUT2D eigenvalue weighted by molar-refractivity contribution is 7.89. The summed E-state index contributed by atoms with van der Waals surface area (Å²) < 4.78 is 27.8. The van der Waals surface area contributed by atoms with E-state index in [1.54, 1.807) is 31.2 Å². The Hall–Kier alpha value is -1.71. The van der Waals surface area contributed by atoms with Crippen LogP contribution in [0.3, 0.4) is 0 Å². The van der Waals surface area contributed by atoms with Crippen LogP contribution in [0.2, 0.25) is 5.02 Å². The number of benzene rings is 2. The first kappa shape index (κ1) is 21.6. The van der Waals surface area contributed by atoms with Crippen molar-refractivity contribution in [1.29, 1.82) is 0 Å². The number of sulfonamides is 1. The van der Waals surface area contributed by atoms with Crippen LogP contribution in [-0.2, 0) is 10.0 Å². The molecule has 2 aromatic rings. The molecule has 1 atom stereocenters. The van der Waals surface area contributed by atoms with E-state index in [0.717, 1.165) is 6.07 Å². The molecule has 1 heterocycles. The predicted molar refractivity (Wildman–Crippen MR) is 106 cm³/mol. The smallest absolute Gasteiger partial charge is 0.273 e. The Balaban J connectivity index is 0.00000261. The molecule has 146 valence electrons. The molecule has 0 radical (unpaired) electrons. The molecule has 3 rings (SSSR count). The number of hydrogen-bond donors (Lipinski definition) is 1. The SMILES string of the molecule is Cc1ccc(S(=O)(=O)N2CCNCC2c2ccccc2Cl)cc1[N+](=O)[O-].Cl. The second kappa shape index (κ2) is 8.53. The molecule has 1 unspecified atom stereocenters. The lowest BCUT2D eigenvalue weighted by atomic mass is 10.1. The number of aryl methyl sites for hydroxylation is 1. The van der Waals surface area contributed by atoms with Gasteiger partial charge in [-0.15, -0.1) is 12.4 Å². The van der Waals surface area contributed by atoms with Crippen LogP contribution in [0.4, 0.5) is 5.69 Å². The van der Waals surface area contributed by atoms with Gasteiger partial charge in [0.15, 0.2) is 0 Å². The third kappa shape index (κ3) is 4.25. The quantitative estimate of drug-likeness (QED) is 0.591. The zero-order chi connectivity index (χ0) is 18.9. The molecule has 10 heteroatoms. The minimum absolute atomic E-state index is 0. The maximum Gasteiger partial charge on any atom is 0.273 e. The molecule has 1 saturated heterocycles. The summed E-state index contributed by atoms with van der Waals surface area (Å²) in [6.07, 6.45) is 0. The van der Waals surface area contributed by atoms with Crippen LogP contribution in [0, 0.1) is 17.0 Å². The molecular formula is C17H19Cl2N3O4S. The van der Waals surface area contributed by atoms with E-state index in [4.69, 9.17) is 11.6 Å². The molecule has 0 bridgehead atoms. The number of rotatable bonds is 4. The van der Waals surface area contributed by atoms with Crippen molar-refractivity contribution < 1.29 is 13.3 Å². The summed E-state index contributed by atoms with van der Waals surface area (Å²) in [6.45, 7) is 2.73. The molecule has 0 aromatic heterocycles. The second-order valence-corrected chi connectivity index (χ2v) is 8.36. The Morgan fingerprint density at radius 3 is 2.63 bits per heavy atom. The number of nitrogens with one attached hydrogen (secondary N) is 1. The Bertz CT molecular complexity index is 953. The second-order valence-electron chi connectivity index (χ2n) is 6.06. The van der Waals surface area contributed by atoms with Crippen molar-refractivity contribution in [2.24, 2.45) is 0 Å². The van der Waals surface area contributed by atoms with Gasteiger partial charge in [-0.2, -0.15) is 4.31 Å². The molecular weight excluding hydrogens is 413 g/mol. The first-order chi connectivity index (χ1) is 12.3. The minimum Gasteiger partial charge on any atom is -0.313 e. The van der Waals surface area contributed by atoms with Gasteiger partial charge in [0.1, 0.15) is 0 Å². The van der Waals surface area contributed by atoms with E-state index in [0.29, 0.717) is 29.2 Å². The average Bonchev–Trinajstić information content (AvgIpc) is 2.62. The van der Waals surface area contributed by atoms with E-state index < -0.39 is 21.0 Å². The maximum atomic E-state index is 13.2. The van der Waals surface area contributed by atoms with Crippen molar-refractivity contribution in [3.05, 3.63) is 68.7 Å². The number of nitrogens with zero attached hydrogens (tertiary/aromatic N) is 2. The zero-order valence-corrected chi connectivity index (χ0v) is 16.9. The normalized spacial score (nSPS) is 17.9. The van der Waals surface area contributed by atoms with Gasteiger partial charge in [-0.3, -0.25) is 10.1 Å². The first-order valence-corrected chi connectivity index (χ1v) is 9.86. The van der Waals surface area contributed by atoms with E-state index in [-0.39, 0.29) is 29.5 Å². The van der Waals surface area contributed by atoms with Gasteiger partial charge in [0, 0.05) is 36.3 Å². The van der Waals surface area contributed by atoms with Gasteiger partial charge in [-0.25, -0.2) is 8.42 Å². The number of nitro benzene ring substituents is 1. The average molecular weight is 432 g/mol. The highest BCUT2D eigenvalue weighted by Gasteiger charge is 2.36. The number of hydrogen-bond acceptors (Lipinski definition) is 5. The highest BCUT2D eigenvalue weighted by Crippen LogP contribution is 2.33. The minimum atomic E-state index is -3.92. The van der Waals surface area contributed by atoms with Gasteiger partial charge in [-0.05, 0) is 24.6 Å². The van der Waals surface area contributed by atoms with Gasteiger partial charge < -0.3 is 5.32 Å². The topological polar surface area (TPSA) is 92.6 Å². The molecule has 1 fully saturated rings. The lowest BCUT2D eigenvalue weighted by Crippen LogP contribution is -2.48. The molecule has 0 amide bonds. The van der Waals surface area contributed by atoms with Gasteiger partial charge in [-0.1, -0.05) is 35.9 Å². The van der Waals surface area contributed by atoms with Crippen LogP contribution >= 0.6 is 24.0 Å². The molecule has 1 aliphatic rings. The van der Waals surface area contributed by atoms with Crippen molar-refractivity contribution in [1.82, 2.24) is 9.62 Å². The summed E-state index contributed by atoms with van der Waals surface area (Å²) in [5.74, 6) is 0. The fourth-order valence-corrected chi connectivity index (χ4v) is 4.95. The maximum absolute atomic E-state index is 13.2. The van der Waals surface area contributed by atoms with Gasteiger partial charge >= 0.3 is 0 Å². The standard InChI is InChI=1S/C17H18ClN3O4S.ClH/c1-12-6-7-13(10-16(12)21(22)23)26(24,25)20-9-8-19-11-17(20)14-4-2-3-5-15(14)18;/h2-7,10,17,19H,8-9,11H2,1H3;1H. The van der Waals surface area contributed by atoms with Crippen molar-refractivity contribution >= 4 is 39.7 Å². The van der Waals surface area contributed by atoms with Gasteiger partial charge in [0.05, 0.1) is 15.9 Å². The van der Waals surface area contributed by atoms with Crippen LogP contribution in [0.15, 0.2) is 47.4 Å². The first-order valence-electron chi connectivity index (χ1n) is 8.04. The van der Waals surface area contributed by atoms with Crippen LogP contribution in [0.1, 0.15) is 17.2 Å². The fraction of sp³-hybridized carbons (Fsp3) is 0.294. The lowest BCUT2D eigenvalue weighted by molar-refractivity contribution is -0.385. The van der Waals surface area contributed by atoms with Gasteiger partial charge in [0.25, 0.3) is 5.69 Å². The molecule has 7 nitrogen and oxygen atoms in total. The molecule has 27 heavy (non-hydrogen) atoms. The monoisotopic (exact) mass is 431 g/mol. The Morgan fingerprint density at radius 2 is 1.96 bits per heavy atom. The molecule has 2 aromatic carbocycles. The number of halogens is 2. The predicted octanol–water partition coefficient (Wildman–Crippen LogP) is 3.31. The van der Waals surface area contributed by atoms with E-state index in [9.17, 15) is 18.5 Å². The van der Waals surface area contributed by atoms with Crippen LogP contribution in [-0.4, -0.2) is 37.3 Å². The summed E-state index contributed by atoms with van der Waals surface area (Å²) in [7, 11) is -3.92. The third-order valence-electron chi connectivity index (χ3n) is 4.44. The summed E-state index contributed by atoms with van der Waals surface area (Å²) in [4.78, 5) is 10.5. The summed E-state index contributed by atoms with van der Waals surface area (Å²) in [5, 5.41) is 14.8. The largest absolute Gasteiger partial charge is 0.313 e. The summed E-state index contributed by atoms with van der Waals surface area (Å²) in [5.41, 5.74) is 0.902. The highest BCUT2D eigenvalue weighted by atomic mass is 35.5. The zero-order valence-electron chi connectivity index (χ0n) is 14.5. The molecule has 0 aliphatic carbocycles. The number of nitro groups is 1. The summed E-state index contributed by atoms with van der Waals surface area (Å²) in [6, 6.07) is 10.6. The lowest BCUT2D eigenvalue weighted by Gasteiger charge is -2.35. The van der Waals surface area contributed by atoms with E-state index in [1.165, 1.54) is 16.4 Å². The van der Waals surface area contributed by atoms with Crippen molar-refractivity contribution in [3.63, 3.8) is 0 Å². The van der Waals surface area contributed by atoms with Crippen LogP contribution in [0.25, 0.3) is 0 Å². The molecule has 0 saturated carbocycles. The molecule has 0 spiro atoms. The van der Waals surface area contributed by atoms with Crippen LogP contribution < -0.4 is 5.32 Å². The Labute approximate surface area is 168 Å². The molecule has 1 N–H and O–H groups in total. The number of piperazine rings is 1. The van der Waals surface area contributed by atoms with E-state index in [1.807, 2.05) is 0 Å². The van der Waals surface area contributed by atoms with Crippen molar-refractivity contribution in [2.75, 3.05) is 19.6 Å².